The van der Waals surface area contributed by atoms with E-state index in [2.05, 4.69) is 33.8 Å². The molecule has 0 spiro atoms. The van der Waals surface area contributed by atoms with Gasteiger partial charge in [0, 0.05) is 0 Å². The van der Waals surface area contributed by atoms with Gasteiger partial charge in [0.1, 0.15) is 0 Å². The van der Waals surface area contributed by atoms with E-state index in [4.69, 9.17) is 11.6 Å². The molecule has 0 fully saturated rings. The van der Waals surface area contributed by atoms with Crippen LogP contribution in [0.5, 0.6) is 0 Å². The highest BCUT2D eigenvalue weighted by atomic mass is 35.5. The molecule has 12 heavy (non-hydrogen) atoms. The normalized spacial score (nSPS) is 31.6. The second kappa shape index (κ2) is 3.41. The van der Waals surface area contributed by atoms with Crippen LogP contribution in [0.3, 0.4) is 0 Å². The quantitative estimate of drug-likeness (QED) is 0.396. The molecule has 0 aromatic carbocycles. The fourth-order valence-electron chi connectivity index (χ4n) is 1.75. The van der Waals surface area contributed by atoms with Gasteiger partial charge in [0.15, 0.2) is 0 Å². The van der Waals surface area contributed by atoms with Crippen molar-refractivity contribution in [3.05, 3.63) is 11.6 Å². The molecule has 0 saturated heterocycles. The maximum atomic E-state index is 6.14. The third kappa shape index (κ3) is 2.52. The van der Waals surface area contributed by atoms with E-state index in [1.165, 1.54) is 12.0 Å². The van der Waals surface area contributed by atoms with Gasteiger partial charge in [-0.05, 0) is 24.2 Å². The molecular formula is C11H19Cl. The van der Waals surface area contributed by atoms with Gasteiger partial charge >= 0.3 is 0 Å². The van der Waals surface area contributed by atoms with Crippen LogP contribution in [0.25, 0.3) is 0 Å². The molecule has 0 aromatic rings. The maximum Gasteiger partial charge on any atom is 0.0521 e. The maximum absolute atomic E-state index is 6.14. The fraction of sp³-hybridized carbons (Fsp3) is 0.818. The Kier molecular flexibility index (Phi) is 2.88. The Morgan fingerprint density at radius 2 is 2.00 bits per heavy atom. The molecule has 70 valence electrons. The summed E-state index contributed by atoms with van der Waals surface area (Å²) in [6.45, 7) is 9.08. The Labute approximate surface area is 81.0 Å². The van der Waals surface area contributed by atoms with Gasteiger partial charge in [0.05, 0.1) is 5.38 Å². The summed E-state index contributed by atoms with van der Waals surface area (Å²) < 4.78 is 0. The van der Waals surface area contributed by atoms with E-state index in [1.807, 2.05) is 0 Å². The highest BCUT2D eigenvalue weighted by molar-refractivity contribution is 6.21. The Bertz CT molecular complexity index is 186. The molecule has 1 aliphatic carbocycles. The molecule has 0 saturated carbocycles. The Morgan fingerprint density at radius 1 is 1.42 bits per heavy atom. The summed E-state index contributed by atoms with van der Waals surface area (Å²) in [5.41, 5.74) is 1.84. The number of alkyl halides is 1. The predicted molar refractivity (Wildman–Crippen MR) is 55.6 cm³/mol. The first kappa shape index (κ1) is 10.1. The summed E-state index contributed by atoms with van der Waals surface area (Å²) in [5, 5.41) is 0.267. The molecule has 0 bridgehead atoms. The van der Waals surface area contributed by atoms with E-state index in [9.17, 15) is 0 Å². The van der Waals surface area contributed by atoms with Gasteiger partial charge in [-0.15, -0.1) is 11.6 Å². The monoisotopic (exact) mass is 186 g/mol. The van der Waals surface area contributed by atoms with Crippen molar-refractivity contribution in [1.82, 2.24) is 0 Å². The van der Waals surface area contributed by atoms with Crippen LogP contribution in [-0.2, 0) is 0 Å². The van der Waals surface area contributed by atoms with Crippen molar-refractivity contribution in [3.63, 3.8) is 0 Å². The first-order valence-corrected chi connectivity index (χ1v) is 5.18. The molecule has 0 heterocycles. The molecule has 1 heteroatoms. The minimum atomic E-state index is 0.267. The van der Waals surface area contributed by atoms with Gasteiger partial charge in [0.25, 0.3) is 0 Å². The van der Waals surface area contributed by atoms with Crippen LogP contribution >= 0.6 is 11.6 Å². The number of hydrogen-bond acceptors (Lipinski definition) is 0. The third-order valence-corrected chi connectivity index (χ3v) is 2.85. The van der Waals surface area contributed by atoms with Crippen molar-refractivity contribution >= 4 is 11.6 Å². The lowest BCUT2D eigenvalue weighted by Gasteiger charge is -2.31. The van der Waals surface area contributed by atoms with Crippen LogP contribution in [-0.4, -0.2) is 5.38 Å². The summed E-state index contributed by atoms with van der Waals surface area (Å²) in [6.07, 6.45) is 4.62. The van der Waals surface area contributed by atoms with Gasteiger partial charge in [0.2, 0.25) is 0 Å². The van der Waals surface area contributed by atoms with Crippen molar-refractivity contribution in [2.24, 2.45) is 11.3 Å². The molecule has 2 atom stereocenters. The Balaban J connectivity index is 2.77. The summed E-state index contributed by atoms with van der Waals surface area (Å²) in [4.78, 5) is 0. The minimum Gasteiger partial charge on any atom is -0.118 e. The van der Waals surface area contributed by atoms with E-state index >= 15 is 0 Å². The largest absolute Gasteiger partial charge is 0.118 e. The fourth-order valence-corrected chi connectivity index (χ4v) is 2.21. The highest BCUT2D eigenvalue weighted by Crippen LogP contribution is 2.36. The van der Waals surface area contributed by atoms with Crippen LogP contribution in [0.15, 0.2) is 11.6 Å². The number of allylic oxidation sites excluding steroid dienone is 2. The zero-order valence-electron chi connectivity index (χ0n) is 8.52. The molecule has 1 rings (SSSR count). The molecule has 0 nitrogen and oxygen atoms in total. The van der Waals surface area contributed by atoms with E-state index in [0.717, 1.165) is 12.3 Å². The van der Waals surface area contributed by atoms with Crippen LogP contribution in [0.2, 0.25) is 0 Å². The lowest BCUT2D eigenvalue weighted by atomic mass is 9.77. The average Bonchev–Trinajstić information content (AvgIpc) is 1.82. The molecule has 0 amide bonds. The zero-order chi connectivity index (χ0) is 9.35. The van der Waals surface area contributed by atoms with E-state index in [1.54, 1.807) is 0 Å². The zero-order valence-corrected chi connectivity index (χ0v) is 9.28. The predicted octanol–water partition coefficient (Wildman–Crippen LogP) is 4.00. The van der Waals surface area contributed by atoms with Crippen molar-refractivity contribution in [1.29, 1.82) is 0 Å². The second-order valence-electron chi connectivity index (χ2n) is 5.00. The van der Waals surface area contributed by atoms with Crippen LogP contribution in [0.4, 0.5) is 0 Å². The molecule has 2 unspecified atom stereocenters. The summed E-state index contributed by atoms with van der Waals surface area (Å²) in [5.74, 6) is 0.756. The smallest absolute Gasteiger partial charge is 0.0521 e. The van der Waals surface area contributed by atoms with Crippen LogP contribution < -0.4 is 0 Å². The van der Waals surface area contributed by atoms with E-state index < -0.39 is 0 Å². The molecule has 0 N–H and O–H groups in total. The van der Waals surface area contributed by atoms with E-state index in [0.29, 0.717) is 5.41 Å². The third-order valence-electron chi connectivity index (χ3n) is 2.54. The first-order valence-electron chi connectivity index (χ1n) is 4.75. The second-order valence-corrected chi connectivity index (χ2v) is 5.56. The number of rotatable bonds is 0. The van der Waals surface area contributed by atoms with Crippen molar-refractivity contribution in [2.75, 3.05) is 0 Å². The lowest BCUT2D eigenvalue weighted by molar-refractivity contribution is 0.410. The first-order chi connectivity index (χ1) is 5.39. The van der Waals surface area contributed by atoms with Crippen LogP contribution in [0, 0.1) is 11.3 Å². The Morgan fingerprint density at radius 3 is 2.42 bits per heavy atom. The molecule has 0 aliphatic heterocycles. The van der Waals surface area contributed by atoms with Gasteiger partial charge in [-0.2, -0.15) is 0 Å². The summed E-state index contributed by atoms with van der Waals surface area (Å²) in [7, 11) is 0. The summed E-state index contributed by atoms with van der Waals surface area (Å²) in [6, 6.07) is 0. The molecule has 0 radical (unpaired) electrons. The summed E-state index contributed by atoms with van der Waals surface area (Å²) >= 11 is 6.14. The lowest BCUT2D eigenvalue weighted by Crippen LogP contribution is -2.20. The van der Waals surface area contributed by atoms with Gasteiger partial charge in [-0.3, -0.25) is 0 Å². The number of halogens is 1. The van der Waals surface area contributed by atoms with Crippen molar-refractivity contribution in [2.45, 2.75) is 45.9 Å². The van der Waals surface area contributed by atoms with Crippen molar-refractivity contribution < 1.29 is 0 Å². The Hall–Kier alpha value is 0.0300. The standard InChI is InChI=1S/C11H19Cl/c1-8-5-9(11(2,3)4)7-10(12)6-8/h7-8,10H,5-6H2,1-4H3. The molecule has 0 aromatic heterocycles. The topological polar surface area (TPSA) is 0 Å². The van der Waals surface area contributed by atoms with Crippen LogP contribution in [0.1, 0.15) is 40.5 Å². The SMILES string of the molecule is CC1CC(C(C)(C)C)=CC(Cl)C1. The molecular weight excluding hydrogens is 168 g/mol. The van der Waals surface area contributed by atoms with E-state index in [-0.39, 0.29) is 5.38 Å². The minimum absolute atomic E-state index is 0.267. The van der Waals surface area contributed by atoms with Gasteiger partial charge in [-0.25, -0.2) is 0 Å². The van der Waals surface area contributed by atoms with Gasteiger partial charge in [-0.1, -0.05) is 39.3 Å². The average molecular weight is 187 g/mol. The highest BCUT2D eigenvalue weighted by Gasteiger charge is 2.24. The molecule has 1 aliphatic rings. The number of hydrogen-bond donors (Lipinski definition) is 0. The van der Waals surface area contributed by atoms with Crippen molar-refractivity contribution in [3.8, 4) is 0 Å². The van der Waals surface area contributed by atoms with Gasteiger partial charge < -0.3 is 0 Å².